The summed E-state index contributed by atoms with van der Waals surface area (Å²) in [6.07, 6.45) is -0.448. The molecule has 0 radical (unpaired) electrons. The van der Waals surface area contributed by atoms with Gasteiger partial charge in [0, 0.05) is 24.1 Å². The molecule has 8 heteroatoms. The molecular formula is C27H24FN3O4. The Balaban J connectivity index is 1.55. The van der Waals surface area contributed by atoms with Crippen LogP contribution < -0.4 is 14.8 Å². The summed E-state index contributed by atoms with van der Waals surface area (Å²) in [6.45, 7) is 0.0127. The van der Waals surface area contributed by atoms with Crippen LogP contribution in [-0.2, 0) is 6.42 Å². The van der Waals surface area contributed by atoms with Crippen LogP contribution in [0, 0.1) is 5.82 Å². The highest BCUT2D eigenvalue weighted by atomic mass is 19.1. The van der Waals surface area contributed by atoms with E-state index in [2.05, 4.69) is 10.4 Å². The molecule has 0 unspecified atom stereocenters. The zero-order valence-electron chi connectivity index (χ0n) is 19.3. The van der Waals surface area contributed by atoms with E-state index in [1.54, 1.807) is 44.6 Å². The third-order valence-electron chi connectivity index (χ3n) is 6.15. The van der Waals surface area contributed by atoms with E-state index in [1.807, 2.05) is 30.3 Å². The number of ether oxygens (including phenoxy) is 2. The molecule has 35 heavy (non-hydrogen) atoms. The van der Waals surface area contributed by atoms with E-state index in [0.29, 0.717) is 34.7 Å². The lowest BCUT2D eigenvalue weighted by Gasteiger charge is -2.13. The van der Waals surface area contributed by atoms with Crippen molar-refractivity contribution < 1.29 is 23.8 Å². The number of nitrogens with zero attached hydrogens (tertiary/aromatic N) is 2. The molecule has 5 rings (SSSR count). The molecule has 0 fully saturated rings. The zero-order chi connectivity index (χ0) is 24.5. The number of benzene rings is 3. The quantitative estimate of drug-likeness (QED) is 0.372. The van der Waals surface area contributed by atoms with Gasteiger partial charge >= 0.3 is 0 Å². The third-order valence-corrected chi connectivity index (χ3v) is 6.15. The van der Waals surface area contributed by atoms with Gasteiger partial charge in [0.1, 0.15) is 11.5 Å². The van der Waals surface area contributed by atoms with E-state index < -0.39 is 17.8 Å². The molecule has 1 aliphatic rings. The highest BCUT2D eigenvalue weighted by Gasteiger charge is 2.33. The molecule has 1 aromatic heterocycles. The summed E-state index contributed by atoms with van der Waals surface area (Å²) in [5, 5.41) is 17.8. The molecule has 7 nitrogen and oxygen atoms in total. The summed E-state index contributed by atoms with van der Waals surface area (Å²) in [6, 6.07) is 19.0. The van der Waals surface area contributed by atoms with Crippen molar-refractivity contribution in [3.8, 4) is 28.4 Å². The number of carbonyl (C=O) groups is 1. The van der Waals surface area contributed by atoms with Gasteiger partial charge in [0.25, 0.3) is 5.91 Å². The second kappa shape index (κ2) is 9.23. The largest absolute Gasteiger partial charge is 0.493 e. The van der Waals surface area contributed by atoms with E-state index in [4.69, 9.17) is 9.47 Å². The minimum atomic E-state index is -0.868. The maximum Gasteiger partial charge on any atom is 0.272 e. The molecule has 3 aromatic carbocycles. The molecule has 2 N–H and O–H groups in total. The van der Waals surface area contributed by atoms with Gasteiger partial charge in [-0.25, -0.2) is 9.07 Å². The van der Waals surface area contributed by atoms with E-state index >= 15 is 0 Å². The van der Waals surface area contributed by atoms with Gasteiger partial charge in [0.15, 0.2) is 17.2 Å². The molecule has 178 valence electrons. The van der Waals surface area contributed by atoms with Crippen molar-refractivity contribution in [2.24, 2.45) is 0 Å². The Morgan fingerprint density at radius 3 is 2.49 bits per heavy atom. The molecule has 1 aliphatic carbocycles. The molecule has 0 saturated carbocycles. The van der Waals surface area contributed by atoms with Gasteiger partial charge in [-0.2, -0.15) is 5.10 Å². The lowest BCUT2D eigenvalue weighted by Crippen LogP contribution is -2.29. The monoisotopic (exact) mass is 473 g/mol. The summed E-state index contributed by atoms with van der Waals surface area (Å²) in [7, 11) is 3.11. The van der Waals surface area contributed by atoms with Crippen molar-refractivity contribution in [2.45, 2.75) is 12.5 Å². The maximum atomic E-state index is 14.8. The summed E-state index contributed by atoms with van der Waals surface area (Å²) >= 11 is 0. The number of nitrogens with one attached hydrogen (secondary N) is 1. The van der Waals surface area contributed by atoms with Crippen molar-refractivity contribution in [3.63, 3.8) is 0 Å². The number of aliphatic hydroxyl groups is 1. The average molecular weight is 474 g/mol. The third kappa shape index (κ3) is 4.02. The molecule has 0 saturated heterocycles. The Hall–Kier alpha value is -4.17. The first kappa shape index (κ1) is 22.6. The molecule has 4 aromatic rings. The predicted octanol–water partition coefficient (Wildman–Crippen LogP) is 4.06. The van der Waals surface area contributed by atoms with Gasteiger partial charge in [-0.1, -0.05) is 42.5 Å². The fraction of sp³-hybridized carbons (Fsp3) is 0.185. The van der Waals surface area contributed by atoms with Gasteiger partial charge in [0.05, 0.1) is 26.0 Å². The lowest BCUT2D eigenvalue weighted by atomic mass is 10.1. The number of carbonyl (C=O) groups excluding carboxylic acids is 1. The van der Waals surface area contributed by atoms with Crippen LogP contribution in [0.25, 0.3) is 16.9 Å². The smallest absolute Gasteiger partial charge is 0.272 e. The maximum absolute atomic E-state index is 14.8. The Labute approximate surface area is 201 Å². The number of aliphatic hydroxyl groups excluding tert-OH is 1. The van der Waals surface area contributed by atoms with Crippen LogP contribution in [0.1, 0.15) is 33.3 Å². The number of halogens is 1. The van der Waals surface area contributed by atoms with Crippen molar-refractivity contribution >= 4 is 5.91 Å². The van der Waals surface area contributed by atoms with E-state index in [-0.39, 0.29) is 17.9 Å². The first-order valence-corrected chi connectivity index (χ1v) is 11.1. The van der Waals surface area contributed by atoms with Crippen LogP contribution in [0.4, 0.5) is 4.39 Å². The minimum absolute atomic E-state index is 0.0127. The Bertz CT molecular complexity index is 1400. The van der Waals surface area contributed by atoms with Gasteiger partial charge in [0.2, 0.25) is 0 Å². The summed E-state index contributed by atoms with van der Waals surface area (Å²) in [5.41, 5.74) is 4.11. The number of methoxy groups -OCH3 is 2. The van der Waals surface area contributed by atoms with Gasteiger partial charge < -0.3 is 19.9 Å². The number of amides is 1. The second-order valence-corrected chi connectivity index (χ2v) is 8.22. The fourth-order valence-electron chi connectivity index (χ4n) is 4.42. The first-order chi connectivity index (χ1) is 17.0. The average Bonchev–Trinajstić information content (AvgIpc) is 3.44. The molecule has 1 amide bonds. The molecule has 1 heterocycles. The van der Waals surface area contributed by atoms with Gasteiger partial charge in [-0.3, -0.25) is 4.79 Å². The highest BCUT2D eigenvalue weighted by molar-refractivity contribution is 5.97. The zero-order valence-corrected chi connectivity index (χ0v) is 19.3. The fourth-order valence-corrected chi connectivity index (χ4v) is 4.42. The van der Waals surface area contributed by atoms with Crippen LogP contribution in [-0.4, -0.2) is 41.6 Å². The Morgan fingerprint density at radius 1 is 1.09 bits per heavy atom. The van der Waals surface area contributed by atoms with Crippen LogP contribution in [0.3, 0.4) is 0 Å². The van der Waals surface area contributed by atoms with Gasteiger partial charge in [-0.05, 0) is 35.4 Å². The van der Waals surface area contributed by atoms with Crippen molar-refractivity contribution in [2.75, 3.05) is 20.8 Å². The Morgan fingerprint density at radius 2 is 1.77 bits per heavy atom. The predicted molar refractivity (Wildman–Crippen MR) is 129 cm³/mol. The molecule has 1 atom stereocenters. The number of para-hydroxylation sites is 1. The van der Waals surface area contributed by atoms with Crippen LogP contribution in [0.2, 0.25) is 0 Å². The van der Waals surface area contributed by atoms with Crippen LogP contribution >= 0.6 is 0 Å². The number of rotatable bonds is 7. The van der Waals surface area contributed by atoms with Crippen molar-refractivity contribution in [1.82, 2.24) is 15.1 Å². The minimum Gasteiger partial charge on any atom is -0.493 e. The normalized spacial score (nSPS) is 12.6. The standard InChI is InChI=1S/C27H24FN3O4/c1-34-23-13-17-12-19-25(27(33)29-15-22(32)16-8-4-3-5-9-16)30-31(21-11-7-6-10-20(21)28)26(19)18(17)14-24(23)35-2/h3-11,13-14,22,32H,12,15H2,1-2H3,(H,29,33)/t22-/m1/s1. The van der Waals surface area contributed by atoms with Crippen molar-refractivity contribution in [3.05, 3.63) is 94.9 Å². The van der Waals surface area contributed by atoms with E-state index in [0.717, 1.165) is 11.1 Å². The topological polar surface area (TPSA) is 85.6 Å². The number of fused-ring (bicyclic) bond motifs is 3. The molecular weight excluding hydrogens is 449 g/mol. The molecule has 0 aliphatic heterocycles. The van der Waals surface area contributed by atoms with Gasteiger partial charge in [-0.15, -0.1) is 0 Å². The molecule has 0 bridgehead atoms. The van der Waals surface area contributed by atoms with Crippen LogP contribution in [0.5, 0.6) is 11.5 Å². The second-order valence-electron chi connectivity index (χ2n) is 8.22. The van der Waals surface area contributed by atoms with E-state index in [9.17, 15) is 14.3 Å². The first-order valence-electron chi connectivity index (χ1n) is 11.1. The SMILES string of the molecule is COc1cc2c(cc1OC)-c1c(c(C(=O)NC[C@@H](O)c3ccccc3)nn1-c1ccccc1F)C2. The number of hydrogen-bond acceptors (Lipinski definition) is 5. The molecule has 0 spiro atoms. The number of aromatic nitrogens is 2. The summed E-state index contributed by atoms with van der Waals surface area (Å²) < 4.78 is 27.2. The Kier molecular flexibility index (Phi) is 5.96. The lowest BCUT2D eigenvalue weighted by molar-refractivity contribution is 0.0910. The van der Waals surface area contributed by atoms with Crippen LogP contribution in [0.15, 0.2) is 66.7 Å². The summed E-state index contributed by atoms with van der Waals surface area (Å²) in [5.74, 6) is 0.187. The number of hydrogen-bond donors (Lipinski definition) is 2. The highest BCUT2D eigenvalue weighted by Crippen LogP contribution is 2.45. The van der Waals surface area contributed by atoms with Crippen molar-refractivity contribution in [1.29, 1.82) is 0 Å². The summed E-state index contributed by atoms with van der Waals surface area (Å²) in [4.78, 5) is 13.2. The van der Waals surface area contributed by atoms with E-state index in [1.165, 1.54) is 10.7 Å².